The molecule has 16 heteroatoms. The van der Waals surface area contributed by atoms with Crippen LogP contribution in [0.4, 0.5) is 5.69 Å². The fourth-order valence-electron chi connectivity index (χ4n) is 5.18. The number of aliphatic hydroxyl groups is 2. The molecule has 2 fully saturated rings. The van der Waals surface area contributed by atoms with E-state index in [1.54, 1.807) is 6.07 Å². The molecular formula is C23H29ClN4O9P2. The molecule has 0 radical (unpaired) electrons. The maximum Gasteiger partial charge on any atom is 0.340 e. The summed E-state index contributed by atoms with van der Waals surface area (Å²) in [5.74, 6) is -1.38. The third-order valence-corrected chi connectivity index (χ3v) is 10.5. The van der Waals surface area contributed by atoms with Gasteiger partial charge in [0.1, 0.15) is 24.4 Å². The van der Waals surface area contributed by atoms with E-state index in [2.05, 4.69) is 27.1 Å². The lowest BCUT2D eigenvalue weighted by Crippen LogP contribution is -2.34. The van der Waals surface area contributed by atoms with Crippen LogP contribution in [0, 0.1) is 0 Å². The van der Waals surface area contributed by atoms with Crippen molar-refractivity contribution in [1.29, 1.82) is 0 Å². The molecule has 2 saturated heterocycles. The van der Waals surface area contributed by atoms with Gasteiger partial charge < -0.3 is 39.1 Å². The van der Waals surface area contributed by atoms with E-state index in [-0.39, 0.29) is 11.2 Å². The lowest BCUT2D eigenvalue weighted by Gasteiger charge is -2.38. The summed E-state index contributed by atoms with van der Waals surface area (Å²) in [5.41, 5.74) is 2.68. The second-order valence-electron chi connectivity index (χ2n) is 9.70. The molecule has 0 amide bonds. The summed E-state index contributed by atoms with van der Waals surface area (Å²) in [4.78, 5) is 34.5. The minimum absolute atomic E-state index is 0.0985. The van der Waals surface area contributed by atoms with Crippen LogP contribution in [-0.2, 0) is 18.4 Å². The number of rotatable bonds is 8. The molecule has 2 aliphatic heterocycles. The summed E-state index contributed by atoms with van der Waals surface area (Å²) >= 11 is 6.44. The monoisotopic (exact) mass is 602 g/mol. The first kappa shape index (κ1) is 28.6. The van der Waals surface area contributed by atoms with Gasteiger partial charge in [0.25, 0.3) is 0 Å². The molecule has 6 atom stereocenters. The van der Waals surface area contributed by atoms with Crippen LogP contribution in [0.3, 0.4) is 0 Å². The van der Waals surface area contributed by atoms with Gasteiger partial charge in [0.05, 0.1) is 30.2 Å². The zero-order valence-corrected chi connectivity index (χ0v) is 23.1. The first-order valence-corrected chi connectivity index (χ1v) is 16.3. The number of nitrogens with zero attached hydrogens (tertiary/aromatic N) is 4. The number of aliphatic hydroxyl groups excluding tert-OH is 2. The molecule has 5 N–H and O–H groups in total. The van der Waals surface area contributed by atoms with E-state index in [1.807, 2.05) is 18.2 Å². The Morgan fingerprint density at radius 3 is 2.56 bits per heavy atom. The van der Waals surface area contributed by atoms with Crippen molar-refractivity contribution in [3.05, 3.63) is 59.0 Å². The Morgan fingerprint density at radius 2 is 1.85 bits per heavy atom. The molecule has 0 spiro atoms. The van der Waals surface area contributed by atoms with E-state index >= 15 is 0 Å². The summed E-state index contributed by atoms with van der Waals surface area (Å²) in [6.07, 6.45) is -0.962. The van der Waals surface area contributed by atoms with Gasteiger partial charge in [0.2, 0.25) is 0 Å². The third kappa shape index (κ3) is 6.23. The van der Waals surface area contributed by atoms with E-state index in [4.69, 9.17) is 30.6 Å². The van der Waals surface area contributed by atoms with Crippen molar-refractivity contribution in [3.8, 4) is 0 Å². The van der Waals surface area contributed by atoms with Gasteiger partial charge in [-0.05, 0) is 24.8 Å². The molecule has 0 bridgehead atoms. The average Bonchev–Trinajstić information content (AvgIpc) is 3.42. The van der Waals surface area contributed by atoms with Crippen molar-refractivity contribution >= 4 is 38.1 Å². The van der Waals surface area contributed by atoms with Crippen LogP contribution in [0.2, 0.25) is 5.15 Å². The minimum Gasteiger partial charge on any atom is -0.387 e. The number of aromatic nitrogens is 3. The van der Waals surface area contributed by atoms with Crippen molar-refractivity contribution < 1.29 is 43.3 Å². The van der Waals surface area contributed by atoms with Gasteiger partial charge in [0, 0.05) is 12.6 Å². The molecule has 212 valence electrons. The normalized spacial score (nSPS) is 27.6. The number of imidazole rings is 1. The minimum atomic E-state index is -4.83. The van der Waals surface area contributed by atoms with Crippen LogP contribution in [-0.4, -0.2) is 76.9 Å². The molecule has 3 aromatic rings. The molecule has 2 aliphatic rings. The molecule has 5 rings (SSSR count). The molecule has 13 nitrogen and oxygen atoms in total. The highest BCUT2D eigenvalue weighted by atomic mass is 35.5. The summed E-state index contributed by atoms with van der Waals surface area (Å²) in [5, 5.41) is 25.8. The Balaban J connectivity index is 1.42. The van der Waals surface area contributed by atoms with Crippen molar-refractivity contribution in [2.24, 2.45) is 0 Å². The van der Waals surface area contributed by atoms with Crippen molar-refractivity contribution in [1.82, 2.24) is 14.6 Å². The summed E-state index contributed by atoms with van der Waals surface area (Å²) in [6, 6.07) is 12.0. The Labute approximate surface area is 228 Å². The van der Waals surface area contributed by atoms with Gasteiger partial charge in [-0.1, -0.05) is 41.9 Å². The molecule has 4 heterocycles. The topological polar surface area (TPSA) is 187 Å². The standard InChI is InChI=1S/C23H29ClN4O9P2/c24-19-10-16(27-9-5-4-8-15(27)14-6-2-1-3-7-14)23-25-11-17(28(23)26-19)22-21(30)20(29)18(37-22)12-36-39(34,35)13-38(31,32)33/h1-3,6-7,10-11,15,18,20-22,29-30H,4-5,8-9,12-13H2,(H,34,35)(H2,31,32,33)/t15-,18+,20+,21+,22?/m0/s1. The number of anilines is 1. The lowest BCUT2D eigenvalue weighted by molar-refractivity contribution is -0.0204. The fraction of sp³-hybridized carbons (Fsp3) is 0.478. The molecular weight excluding hydrogens is 574 g/mol. The maximum absolute atomic E-state index is 12.0. The predicted molar refractivity (Wildman–Crippen MR) is 141 cm³/mol. The van der Waals surface area contributed by atoms with Crippen LogP contribution >= 0.6 is 26.8 Å². The van der Waals surface area contributed by atoms with Crippen LogP contribution < -0.4 is 4.90 Å². The first-order valence-electron chi connectivity index (χ1n) is 12.3. The van der Waals surface area contributed by atoms with E-state index in [0.29, 0.717) is 11.3 Å². The predicted octanol–water partition coefficient (Wildman–Crippen LogP) is 2.61. The largest absolute Gasteiger partial charge is 0.387 e. The van der Waals surface area contributed by atoms with Gasteiger partial charge in [-0.3, -0.25) is 9.13 Å². The van der Waals surface area contributed by atoms with Gasteiger partial charge in [0.15, 0.2) is 16.7 Å². The van der Waals surface area contributed by atoms with E-state index in [0.717, 1.165) is 37.1 Å². The van der Waals surface area contributed by atoms with Gasteiger partial charge >= 0.3 is 15.2 Å². The number of halogens is 1. The second kappa shape index (κ2) is 11.2. The van der Waals surface area contributed by atoms with Crippen molar-refractivity contribution in [3.63, 3.8) is 0 Å². The number of ether oxygens (including phenoxy) is 1. The number of fused-ring (bicyclic) bond motifs is 1. The summed E-state index contributed by atoms with van der Waals surface area (Å²) < 4.78 is 35.1. The highest BCUT2D eigenvalue weighted by Crippen LogP contribution is 2.55. The zero-order valence-electron chi connectivity index (χ0n) is 20.6. The van der Waals surface area contributed by atoms with Crippen LogP contribution in [0.25, 0.3) is 5.65 Å². The van der Waals surface area contributed by atoms with E-state index < -0.39 is 52.1 Å². The highest BCUT2D eigenvalue weighted by Gasteiger charge is 2.46. The fourth-order valence-corrected chi connectivity index (χ4v) is 7.93. The lowest BCUT2D eigenvalue weighted by atomic mass is 9.95. The van der Waals surface area contributed by atoms with Gasteiger partial charge in [-0.15, -0.1) is 0 Å². The van der Waals surface area contributed by atoms with E-state index in [1.165, 1.54) is 10.7 Å². The highest BCUT2D eigenvalue weighted by molar-refractivity contribution is 7.70. The molecule has 0 saturated carbocycles. The number of hydrogen-bond acceptors (Lipinski definition) is 9. The van der Waals surface area contributed by atoms with Crippen molar-refractivity contribution in [2.45, 2.75) is 49.7 Å². The molecule has 39 heavy (non-hydrogen) atoms. The molecule has 2 aromatic heterocycles. The Morgan fingerprint density at radius 1 is 1.10 bits per heavy atom. The maximum atomic E-state index is 12.0. The second-order valence-corrected chi connectivity index (χ2v) is 14.1. The average molecular weight is 603 g/mol. The quantitative estimate of drug-likeness (QED) is 0.238. The van der Waals surface area contributed by atoms with E-state index in [9.17, 15) is 24.2 Å². The first-order chi connectivity index (χ1) is 18.4. The Hall–Kier alpha value is -1.89. The SMILES string of the molecule is O=P(O)(O)CP(=O)(O)OC[C@H]1OC(c2cnc3c(N4CCCC[C@H]4c4ccccc4)cc(Cl)nn23)[C@H](O)[C@@H]1O. The van der Waals surface area contributed by atoms with Crippen LogP contribution in [0.15, 0.2) is 42.6 Å². The van der Waals surface area contributed by atoms with Crippen molar-refractivity contribution in [2.75, 3.05) is 24.0 Å². The summed E-state index contributed by atoms with van der Waals surface area (Å²) in [6.45, 7) is 0.0828. The smallest absolute Gasteiger partial charge is 0.340 e. The molecule has 2 unspecified atom stereocenters. The molecule has 0 aliphatic carbocycles. The summed E-state index contributed by atoms with van der Waals surface area (Å²) in [7, 11) is -9.51. The molecule has 1 aromatic carbocycles. The number of benzene rings is 1. The Kier molecular flexibility index (Phi) is 8.21. The number of piperidine rings is 1. The zero-order chi connectivity index (χ0) is 27.9. The third-order valence-electron chi connectivity index (χ3n) is 6.90. The number of hydrogen-bond donors (Lipinski definition) is 5. The van der Waals surface area contributed by atoms with Gasteiger partial charge in [-0.2, -0.15) is 5.10 Å². The Bertz CT molecular complexity index is 1420. The van der Waals surface area contributed by atoms with Gasteiger partial charge in [-0.25, -0.2) is 9.50 Å². The van der Waals surface area contributed by atoms with Crippen LogP contribution in [0.5, 0.6) is 0 Å². The van der Waals surface area contributed by atoms with Crippen LogP contribution in [0.1, 0.15) is 42.7 Å².